The molecule has 6 heteroatoms. The molecule has 2 aliphatic rings. The molecule has 0 saturated carbocycles. The lowest BCUT2D eigenvalue weighted by molar-refractivity contribution is 0.0957. The zero-order chi connectivity index (χ0) is 14.4. The first-order valence-corrected chi connectivity index (χ1v) is 8.85. The van der Waals surface area contributed by atoms with Crippen LogP contribution in [-0.2, 0) is 24.1 Å². The third kappa shape index (κ3) is 2.29. The summed E-state index contributed by atoms with van der Waals surface area (Å²) in [5.41, 5.74) is 1.34. The van der Waals surface area contributed by atoms with Crippen molar-refractivity contribution in [3.05, 3.63) is 25.6 Å². The minimum Gasteiger partial charge on any atom is -0.376 e. The zero-order valence-corrected chi connectivity index (χ0v) is 13.4. The number of aromatic nitrogens is 2. The molecule has 1 aliphatic heterocycles. The van der Waals surface area contributed by atoms with Crippen LogP contribution in [0.1, 0.15) is 36.1 Å². The minimum absolute atomic E-state index is 0.0728. The second-order valence-electron chi connectivity index (χ2n) is 5.90. The van der Waals surface area contributed by atoms with E-state index in [2.05, 4.69) is 4.98 Å². The Morgan fingerprint density at radius 1 is 1.33 bits per heavy atom. The lowest BCUT2D eigenvalue weighted by atomic mass is 9.97. The van der Waals surface area contributed by atoms with Gasteiger partial charge in [0.1, 0.15) is 4.83 Å². The predicted molar refractivity (Wildman–Crippen MR) is 86.9 cm³/mol. The molecule has 0 spiro atoms. The first kappa shape index (κ1) is 13.7. The van der Waals surface area contributed by atoms with Gasteiger partial charge in [-0.15, -0.1) is 11.3 Å². The second kappa shape index (κ2) is 5.34. The van der Waals surface area contributed by atoms with Crippen LogP contribution in [0.15, 0.2) is 4.79 Å². The van der Waals surface area contributed by atoms with Crippen molar-refractivity contribution < 1.29 is 4.74 Å². The summed E-state index contributed by atoms with van der Waals surface area (Å²) in [5.74, 6) is 0. The van der Waals surface area contributed by atoms with Gasteiger partial charge >= 0.3 is 0 Å². The van der Waals surface area contributed by atoms with E-state index in [4.69, 9.17) is 17.0 Å². The number of nitrogens with one attached hydrogen (secondary N) is 1. The molecule has 0 aromatic carbocycles. The van der Waals surface area contributed by atoms with Crippen LogP contribution in [0.4, 0.5) is 0 Å². The van der Waals surface area contributed by atoms with Gasteiger partial charge < -0.3 is 9.72 Å². The first-order chi connectivity index (χ1) is 10.2. The van der Waals surface area contributed by atoms with E-state index in [1.807, 2.05) is 0 Å². The fourth-order valence-corrected chi connectivity index (χ4v) is 5.03. The Balaban J connectivity index is 1.87. The van der Waals surface area contributed by atoms with Gasteiger partial charge in [0.25, 0.3) is 5.56 Å². The van der Waals surface area contributed by atoms with E-state index in [0.717, 1.165) is 42.5 Å². The van der Waals surface area contributed by atoms with E-state index < -0.39 is 0 Å². The van der Waals surface area contributed by atoms with Crippen LogP contribution >= 0.6 is 23.6 Å². The van der Waals surface area contributed by atoms with Crippen LogP contribution in [0, 0.1) is 4.77 Å². The molecule has 2 aromatic rings. The van der Waals surface area contributed by atoms with Crippen molar-refractivity contribution in [2.75, 3.05) is 6.61 Å². The lowest BCUT2D eigenvalue weighted by Gasteiger charge is -2.13. The third-order valence-electron chi connectivity index (χ3n) is 4.51. The van der Waals surface area contributed by atoms with Crippen molar-refractivity contribution in [1.29, 1.82) is 0 Å². The fraction of sp³-hybridized carbons (Fsp3) is 0.600. The minimum atomic E-state index is 0.0728. The summed E-state index contributed by atoms with van der Waals surface area (Å²) >= 11 is 7.11. The fourth-order valence-electron chi connectivity index (χ4n) is 3.43. The summed E-state index contributed by atoms with van der Waals surface area (Å²) < 4.78 is 7.89. The number of hydrogen-bond donors (Lipinski definition) is 1. The Morgan fingerprint density at radius 3 is 3.00 bits per heavy atom. The van der Waals surface area contributed by atoms with Crippen molar-refractivity contribution >= 4 is 33.8 Å². The normalized spacial score (nSPS) is 21.8. The summed E-state index contributed by atoms with van der Waals surface area (Å²) in [6.07, 6.45) is 6.75. The van der Waals surface area contributed by atoms with Crippen molar-refractivity contribution in [1.82, 2.24) is 9.55 Å². The van der Waals surface area contributed by atoms with Crippen molar-refractivity contribution in [2.24, 2.45) is 0 Å². The molecule has 112 valence electrons. The number of thiophene rings is 1. The molecule has 1 atom stereocenters. The maximum Gasteiger partial charge on any atom is 0.263 e. The molecule has 1 saturated heterocycles. The molecule has 21 heavy (non-hydrogen) atoms. The maximum absolute atomic E-state index is 12.9. The highest BCUT2D eigenvalue weighted by Gasteiger charge is 2.22. The lowest BCUT2D eigenvalue weighted by Crippen LogP contribution is -2.28. The summed E-state index contributed by atoms with van der Waals surface area (Å²) in [7, 11) is 0. The molecular formula is C15H18N2O2S2. The highest BCUT2D eigenvalue weighted by molar-refractivity contribution is 7.71. The third-order valence-corrected chi connectivity index (χ3v) is 6.04. The van der Waals surface area contributed by atoms with Gasteiger partial charge in [-0.25, -0.2) is 0 Å². The number of aryl methyl sites for hydroxylation is 2. The van der Waals surface area contributed by atoms with Gasteiger partial charge in [0, 0.05) is 11.5 Å². The molecule has 0 unspecified atom stereocenters. The Labute approximate surface area is 131 Å². The Morgan fingerprint density at radius 2 is 2.19 bits per heavy atom. The summed E-state index contributed by atoms with van der Waals surface area (Å²) in [5, 5.41) is 0.876. The Bertz CT molecular complexity index is 796. The number of hydrogen-bond acceptors (Lipinski definition) is 4. The van der Waals surface area contributed by atoms with Gasteiger partial charge in [-0.2, -0.15) is 0 Å². The topological polar surface area (TPSA) is 47.0 Å². The second-order valence-corrected chi connectivity index (χ2v) is 7.39. The smallest absolute Gasteiger partial charge is 0.263 e. The van der Waals surface area contributed by atoms with E-state index in [0.29, 0.717) is 11.3 Å². The van der Waals surface area contributed by atoms with Gasteiger partial charge in [0.15, 0.2) is 4.77 Å². The molecule has 1 N–H and O–H groups in total. The monoisotopic (exact) mass is 322 g/mol. The number of ether oxygens (including phenoxy) is 1. The standard InChI is InChI=1S/C15H18N2O2S2/c18-14-12-10-5-1-2-6-11(10)21-13(12)16-15(20)17(14)8-9-4-3-7-19-9/h9H,1-8H2,(H,16,20)/t9-/m1/s1. The highest BCUT2D eigenvalue weighted by atomic mass is 32.1. The van der Waals surface area contributed by atoms with Crippen LogP contribution in [-0.4, -0.2) is 22.3 Å². The number of H-pyrrole nitrogens is 1. The molecular weight excluding hydrogens is 304 g/mol. The van der Waals surface area contributed by atoms with Gasteiger partial charge in [0.05, 0.1) is 18.0 Å². The van der Waals surface area contributed by atoms with Crippen LogP contribution in [0.3, 0.4) is 0 Å². The van der Waals surface area contributed by atoms with E-state index in [1.54, 1.807) is 15.9 Å². The number of rotatable bonds is 2. The molecule has 1 fully saturated rings. The number of nitrogens with zero attached hydrogens (tertiary/aromatic N) is 1. The molecule has 0 amide bonds. The highest BCUT2D eigenvalue weighted by Crippen LogP contribution is 2.33. The average molecular weight is 322 g/mol. The Kier molecular flexibility index (Phi) is 3.47. The van der Waals surface area contributed by atoms with E-state index in [-0.39, 0.29) is 11.7 Å². The number of fused-ring (bicyclic) bond motifs is 3. The Hall–Kier alpha value is -0.980. The maximum atomic E-state index is 12.9. The molecule has 4 nitrogen and oxygen atoms in total. The summed E-state index contributed by atoms with van der Waals surface area (Å²) in [6.45, 7) is 1.38. The molecule has 0 radical (unpaired) electrons. The van der Waals surface area contributed by atoms with Gasteiger partial charge in [-0.3, -0.25) is 9.36 Å². The van der Waals surface area contributed by atoms with Crippen LogP contribution in [0.2, 0.25) is 0 Å². The molecule has 0 bridgehead atoms. The van der Waals surface area contributed by atoms with Crippen molar-refractivity contribution in [3.8, 4) is 0 Å². The van der Waals surface area contributed by atoms with Crippen LogP contribution < -0.4 is 5.56 Å². The zero-order valence-electron chi connectivity index (χ0n) is 11.8. The van der Waals surface area contributed by atoms with E-state index in [9.17, 15) is 4.79 Å². The van der Waals surface area contributed by atoms with Gasteiger partial charge in [-0.05, 0) is 56.3 Å². The SMILES string of the molecule is O=c1c2c3c(sc2[nH]c(=S)n1C[C@H]1CCCO1)CCCC3. The molecule has 3 heterocycles. The van der Waals surface area contributed by atoms with E-state index >= 15 is 0 Å². The molecule has 4 rings (SSSR count). The van der Waals surface area contributed by atoms with Crippen LogP contribution in [0.25, 0.3) is 10.2 Å². The molecule has 2 aromatic heterocycles. The van der Waals surface area contributed by atoms with E-state index in [1.165, 1.54) is 23.3 Å². The first-order valence-electron chi connectivity index (χ1n) is 7.63. The van der Waals surface area contributed by atoms with Crippen LogP contribution in [0.5, 0.6) is 0 Å². The largest absolute Gasteiger partial charge is 0.376 e. The van der Waals surface area contributed by atoms with Crippen molar-refractivity contribution in [2.45, 2.75) is 51.2 Å². The quantitative estimate of drug-likeness (QED) is 0.864. The summed E-state index contributed by atoms with van der Waals surface area (Å²) in [6, 6.07) is 0. The summed E-state index contributed by atoms with van der Waals surface area (Å²) in [4.78, 5) is 18.5. The average Bonchev–Trinajstić information content (AvgIpc) is 3.10. The predicted octanol–water partition coefficient (Wildman–Crippen LogP) is 3.18. The van der Waals surface area contributed by atoms with Gasteiger partial charge in [-0.1, -0.05) is 0 Å². The number of aromatic amines is 1. The molecule has 1 aliphatic carbocycles. The van der Waals surface area contributed by atoms with Gasteiger partial charge in [0.2, 0.25) is 0 Å². The van der Waals surface area contributed by atoms with Crippen molar-refractivity contribution in [3.63, 3.8) is 0 Å².